The molecular formula is C21H28F2O12S. The molecule has 12 nitrogen and oxygen atoms in total. The van der Waals surface area contributed by atoms with Gasteiger partial charge in [0.1, 0.15) is 11.7 Å². The van der Waals surface area contributed by atoms with Crippen molar-refractivity contribution in [2.24, 2.45) is 5.92 Å². The van der Waals surface area contributed by atoms with Gasteiger partial charge in [0.25, 0.3) is 0 Å². The van der Waals surface area contributed by atoms with Gasteiger partial charge in [0.2, 0.25) is 6.10 Å². The molecule has 36 heavy (non-hydrogen) atoms. The molecule has 6 atom stereocenters. The number of hydrogen-bond donors (Lipinski definition) is 1. The third-order valence-corrected chi connectivity index (χ3v) is 7.78. The van der Waals surface area contributed by atoms with Crippen LogP contribution < -0.4 is 0 Å². The van der Waals surface area contributed by atoms with E-state index >= 15 is 0 Å². The average molecular weight is 543 g/mol. The third kappa shape index (κ3) is 4.95. The highest BCUT2D eigenvalue weighted by atomic mass is 32.2. The van der Waals surface area contributed by atoms with Crippen LogP contribution in [0.1, 0.15) is 59.3 Å². The van der Waals surface area contributed by atoms with Gasteiger partial charge < -0.3 is 28.4 Å². The fraction of sp³-hybridized carbons (Fsp3) is 0.857. The number of ether oxygens (including phenoxy) is 6. The molecule has 4 rings (SSSR count). The van der Waals surface area contributed by atoms with E-state index in [-0.39, 0.29) is 12.3 Å². The van der Waals surface area contributed by atoms with Crippen molar-refractivity contribution in [3.63, 3.8) is 0 Å². The van der Waals surface area contributed by atoms with Crippen molar-refractivity contribution < 1.29 is 64.6 Å². The highest BCUT2D eigenvalue weighted by Crippen LogP contribution is 2.45. The topological polar surface area (TPSA) is 161 Å². The number of carbonyl (C=O) groups is 3. The van der Waals surface area contributed by atoms with Crippen LogP contribution >= 0.6 is 0 Å². The van der Waals surface area contributed by atoms with Crippen LogP contribution in [0.5, 0.6) is 0 Å². The average Bonchev–Trinajstić information content (AvgIpc) is 3.34. The second-order valence-electron chi connectivity index (χ2n) is 10.1. The first kappa shape index (κ1) is 27.1. The van der Waals surface area contributed by atoms with Crippen LogP contribution in [0.4, 0.5) is 8.78 Å². The molecule has 0 aromatic carbocycles. The molecule has 3 aliphatic heterocycles. The molecule has 204 valence electrons. The minimum absolute atomic E-state index is 0.225. The summed E-state index contributed by atoms with van der Waals surface area (Å²) in [5.74, 6) is -5.83. The molecule has 3 heterocycles. The van der Waals surface area contributed by atoms with E-state index in [1.54, 1.807) is 0 Å². The second-order valence-corrected chi connectivity index (χ2v) is 11.6. The normalized spacial score (nSPS) is 35.2. The summed E-state index contributed by atoms with van der Waals surface area (Å²) in [4.78, 5) is 36.4. The van der Waals surface area contributed by atoms with Gasteiger partial charge in [-0.05, 0) is 39.5 Å². The predicted octanol–water partition coefficient (Wildman–Crippen LogP) is 1.45. The molecule has 0 amide bonds. The summed E-state index contributed by atoms with van der Waals surface area (Å²) in [6.07, 6.45) is -2.16. The molecule has 0 radical (unpaired) electrons. The van der Waals surface area contributed by atoms with Crippen molar-refractivity contribution in [2.75, 3.05) is 0 Å². The maximum Gasteiger partial charge on any atom is 0.465 e. The van der Waals surface area contributed by atoms with E-state index in [9.17, 15) is 31.6 Å². The van der Waals surface area contributed by atoms with Gasteiger partial charge in [-0.15, -0.1) is 0 Å². The maximum absolute atomic E-state index is 13.5. The van der Waals surface area contributed by atoms with Crippen LogP contribution in [-0.2, 0) is 52.9 Å². The number of alkyl halides is 2. The standard InChI is InChI=1S/C21H28F2O12S/c1-19(2,10-7-5-4-6-8-10)33-11(24)9-20(3)34-15-13-12(31-17(15)35-20)14(16(25)30-13)32-18(26)21(22,23)36(27,28)29/h10,12-15,17H,4-9H2,1-3H3,(H,27,28,29)/t12-,13-,14-,15+,17+,20?/m0/s1. The lowest BCUT2D eigenvalue weighted by Gasteiger charge is -2.37. The molecule has 0 aromatic rings. The van der Waals surface area contributed by atoms with E-state index in [0.29, 0.717) is 0 Å². The van der Waals surface area contributed by atoms with E-state index < -0.39 is 75.4 Å². The SMILES string of the molecule is CC1(CC(=O)OC(C)(C)C2CCCCC2)O[C@H]2O[C@H]3[C@H](OC(=O)[C@H]3OC(=O)C(F)(F)S(=O)(=O)O)[C@H]2O1. The lowest BCUT2D eigenvalue weighted by atomic mass is 9.79. The van der Waals surface area contributed by atoms with E-state index in [4.69, 9.17) is 28.2 Å². The molecule has 1 aliphatic carbocycles. The molecule has 15 heteroatoms. The van der Waals surface area contributed by atoms with Gasteiger partial charge in [-0.2, -0.15) is 17.2 Å². The first-order valence-electron chi connectivity index (χ1n) is 11.5. The number of esters is 3. The molecule has 3 saturated heterocycles. The number of hydrogen-bond acceptors (Lipinski definition) is 11. The molecule has 4 fully saturated rings. The van der Waals surface area contributed by atoms with Crippen molar-refractivity contribution in [1.82, 2.24) is 0 Å². The zero-order valence-corrected chi connectivity index (χ0v) is 20.6. The monoisotopic (exact) mass is 542 g/mol. The largest absolute Gasteiger partial charge is 0.465 e. The molecule has 1 saturated carbocycles. The molecule has 0 spiro atoms. The summed E-state index contributed by atoms with van der Waals surface area (Å²) in [7, 11) is -6.14. The second kappa shape index (κ2) is 9.11. The van der Waals surface area contributed by atoms with Crippen LogP contribution in [0.3, 0.4) is 0 Å². The summed E-state index contributed by atoms with van der Waals surface area (Å²) in [5, 5.41) is -5.31. The van der Waals surface area contributed by atoms with Crippen molar-refractivity contribution in [1.29, 1.82) is 0 Å². The fourth-order valence-electron chi connectivity index (χ4n) is 5.10. The Balaban J connectivity index is 1.36. The van der Waals surface area contributed by atoms with Crippen molar-refractivity contribution in [3.8, 4) is 0 Å². The quantitative estimate of drug-likeness (QED) is 0.280. The Hall–Kier alpha value is -1.94. The summed E-state index contributed by atoms with van der Waals surface area (Å²) >= 11 is 0. The van der Waals surface area contributed by atoms with Crippen molar-refractivity contribution >= 4 is 28.0 Å². The first-order chi connectivity index (χ1) is 16.5. The summed E-state index contributed by atoms with van der Waals surface area (Å²) in [6, 6.07) is 0. The van der Waals surface area contributed by atoms with E-state index in [0.717, 1.165) is 32.1 Å². The Morgan fingerprint density at radius 1 is 1.11 bits per heavy atom. The third-order valence-electron chi connectivity index (χ3n) is 6.97. The Morgan fingerprint density at radius 3 is 2.36 bits per heavy atom. The smallest absolute Gasteiger partial charge is 0.459 e. The van der Waals surface area contributed by atoms with Gasteiger partial charge >= 0.3 is 33.3 Å². The van der Waals surface area contributed by atoms with Gasteiger partial charge in [0, 0.05) is 0 Å². The number of rotatable bonds is 7. The molecule has 0 bridgehead atoms. The minimum atomic E-state index is -6.14. The first-order valence-corrected chi connectivity index (χ1v) is 13.0. The van der Waals surface area contributed by atoms with Crippen LogP contribution in [0, 0.1) is 5.92 Å². The molecule has 1 N–H and O–H groups in total. The Bertz CT molecular complexity index is 1020. The summed E-state index contributed by atoms with van der Waals surface area (Å²) < 4.78 is 89.2. The van der Waals surface area contributed by atoms with Crippen LogP contribution in [0.2, 0.25) is 0 Å². The van der Waals surface area contributed by atoms with Crippen LogP contribution in [-0.4, -0.2) is 78.2 Å². The van der Waals surface area contributed by atoms with Gasteiger partial charge in [-0.1, -0.05) is 19.3 Å². The number of carbonyl (C=O) groups excluding carboxylic acids is 3. The zero-order chi connectivity index (χ0) is 26.7. The molecule has 1 unspecified atom stereocenters. The number of halogens is 2. The predicted molar refractivity (Wildman–Crippen MR) is 111 cm³/mol. The van der Waals surface area contributed by atoms with Gasteiger partial charge in [-0.25, -0.2) is 9.59 Å². The highest BCUT2D eigenvalue weighted by Gasteiger charge is 2.66. The lowest BCUT2D eigenvalue weighted by Crippen LogP contribution is -2.45. The number of fused-ring (bicyclic) bond motifs is 3. The van der Waals surface area contributed by atoms with Gasteiger partial charge in [0.05, 0.1) is 6.42 Å². The van der Waals surface area contributed by atoms with Crippen molar-refractivity contribution in [3.05, 3.63) is 0 Å². The fourth-order valence-corrected chi connectivity index (χ4v) is 5.36. The van der Waals surface area contributed by atoms with E-state index in [1.807, 2.05) is 13.8 Å². The van der Waals surface area contributed by atoms with Crippen LogP contribution in [0.25, 0.3) is 0 Å². The van der Waals surface area contributed by atoms with Crippen LogP contribution in [0.15, 0.2) is 0 Å². The van der Waals surface area contributed by atoms with Crippen molar-refractivity contribution in [2.45, 2.75) is 107 Å². The Labute approximate surface area is 205 Å². The summed E-state index contributed by atoms with van der Waals surface area (Å²) in [5.41, 5.74) is -0.688. The minimum Gasteiger partial charge on any atom is -0.459 e. The molecule has 0 aromatic heterocycles. The van der Waals surface area contributed by atoms with Gasteiger partial charge in [-0.3, -0.25) is 9.35 Å². The molecular weight excluding hydrogens is 514 g/mol. The van der Waals surface area contributed by atoms with E-state index in [2.05, 4.69) is 4.74 Å². The van der Waals surface area contributed by atoms with E-state index in [1.165, 1.54) is 6.92 Å². The Kier molecular flexibility index (Phi) is 6.86. The summed E-state index contributed by atoms with van der Waals surface area (Å²) in [6.45, 7) is 5.17. The maximum atomic E-state index is 13.5. The Morgan fingerprint density at radius 2 is 1.75 bits per heavy atom. The molecule has 4 aliphatic rings. The van der Waals surface area contributed by atoms with Gasteiger partial charge in [0.15, 0.2) is 24.3 Å². The zero-order valence-electron chi connectivity index (χ0n) is 19.8. The highest BCUT2D eigenvalue weighted by molar-refractivity contribution is 7.87. The lowest BCUT2D eigenvalue weighted by molar-refractivity contribution is -0.234.